The number of esters is 1. The van der Waals surface area contributed by atoms with Gasteiger partial charge in [-0.1, -0.05) is 12.2 Å². The standard InChI is InChI=1S/C4H8O2.C4H10O.2C3H6.C2H6O2/c1-3-6-4(2)5;1-3-5-4-2;2*1-3-2;3-1-2-4/h3H2,1-2H3;3-4H2,1-2H3;2*3H,1H2,2H3;3-4H,1-2H2. The van der Waals surface area contributed by atoms with Crippen LogP contribution in [0.3, 0.4) is 0 Å². The first kappa shape index (κ1) is 32.0. The summed E-state index contributed by atoms with van der Waals surface area (Å²) in [6.45, 7) is 19.6. The lowest BCUT2D eigenvalue weighted by molar-refractivity contribution is -0.140. The van der Waals surface area contributed by atoms with Crippen LogP contribution in [0.25, 0.3) is 0 Å². The number of aliphatic hydroxyl groups excluding tert-OH is 2. The number of hydrogen-bond donors (Lipinski definition) is 2. The molecular weight excluding hydrogens is 272 g/mol. The van der Waals surface area contributed by atoms with Crippen LogP contribution in [0.15, 0.2) is 25.3 Å². The van der Waals surface area contributed by atoms with Gasteiger partial charge in [0.05, 0.1) is 19.8 Å². The molecule has 5 heteroatoms. The summed E-state index contributed by atoms with van der Waals surface area (Å²) in [6.07, 6.45) is 3.50. The quantitative estimate of drug-likeness (QED) is 0.617. The molecule has 0 saturated heterocycles. The van der Waals surface area contributed by atoms with Crippen molar-refractivity contribution in [2.75, 3.05) is 33.0 Å². The molecule has 0 rings (SSSR count). The van der Waals surface area contributed by atoms with Crippen LogP contribution < -0.4 is 0 Å². The molecule has 0 aliphatic carbocycles. The molecule has 2 N–H and O–H groups in total. The van der Waals surface area contributed by atoms with Crippen LogP contribution in [0.5, 0.6) is 0 Å². The first-order chi connectivity index (χ1) is 9.93. The Bertz CT molecular complexity index is 160. The molecule has 0 aromatic rings. The summed E-state index contributed by atoms with van der Waals surface area (Å²) in [6, 6.07) is 0. The van der Waals surface area contributed by atoms with Crippen LogP contribution in [-0.4, -0.2) is 49.2 Å². The number of hydrogen-bond acceptors (Lipinski definition) is 5. The van der Waals surface area contributed by atoms with Crippen LogP contribution in [0.1, 0.15) is 41.5 Å². The fourth-order valence-corrected chi connectivity index (χ4v) is 0.407. The SMILES string of the molecule is C=CC.C=CC.CCOC(C)=O.CCOCC.OCCO. The molecule has 0 heterocycles. The maximum atomic E-state index is 9.82. The van der Waals surface area contributed by atoms with Gasteiger partial charge in [0.25, 0.3) is 0 Å². The lowest BCUT2D eigenvalue weighted by Gasteiger charge is -1.89. The Kier molecular flexibility index (Phi) is 77.7. The van der Waals surface area contributed by atoms with E-state index in [0.717, 1.165) is 13.2 Å². The van der Waals surface area contributed by atoms with E-state index in [1.807, 2.05) is 27.7 Å². The van der Waals surface area contributed by atoms with E-state index >= 15 is 0 Å². The van der Waals surface area contributed by atoms with Crippen molar-refractivity contribution in [3.63, 3.8) is 0 Å². The number of carbonyl (C=O) groups excluding carboxylic acids is 1. The highest BCUT2D eigenvalue weighted by molar-refractivity contribution is 5.65. The molecule has 0 bridgehead atoms. The Balaban J connectivity index is -0.0000000524. The van der Waals surface area contributed by atoms with Crippen molar-refractivity contribution in [2.24, 2.45) is 0 Å². The minimum Gasteiger partial charge on any atom is -0.466 e. The maximum absolute atomic E-state index is 9.82. The zero-order valence-electron chi connectivity index (χ0n) is 14.7. The molecule has 130 valence electrons. The first-order valence-electron chi connectivity index (χ1n) is 7.00. The minimum atomic E-state index is -0.211. The van der Waals surface area contributed by atoms with Crippen molar-refractivity contribution < 1.29 is 24.5 Å². The van der Waals surface area contributed by atoms with E-state index in [4.69, 9.17) is 14.9 Å². The van der Waals surface area contributed by atoms with Crippen LogP contribution >= 0.6 is 0 Å². The Morgan fingerprint density at radius 1 is 0.952 bits per heavy atom. The summed E-state index contributed by atoms with van der Waals surface area (Å²) in [5.74, 6) is -0.211. The predicted octanol–water partition coefficient (Wildman–Crippen LogP) is 2.97. The fourth-order valence-electron chi connectivity index (χ4n) is 0.407. The van der Waals surface area contributed by atoms with E-state index in [9.17, 15) is 4.79 Å². The summed E-state index contributed by atoms with van der Waals surface area (Å²) in [5, 5.41) is 15.2. The van der Waals surface area contributed by atoms with Gasteiger partial charge in [0.2, 0.25) is 0 Å². The fraction of sp³-hybridized carbons (Fsp3) is 0.688. The lowest BCUT2D eigenvalue weighted by Crippen LogP contribution is -1.95. The second-order valence-corrected chi connectivity index (χ2v) is 2.97. The normalized spacial score (nSPS) is 6.86. The average Bonchev–Trinajstić information content (AvgIpc) is 2.42. The topological polar surface area (TPSA) is 76.0 Å². The van der Waals surface area contributed by atoms with Crippen molar-refractivity contribution in [2.45, 2.75) is 41.5 Å². The lowest BCUT2D eigenvalue weighted by atomic mass is 10.8. The van der Waals surface area contributed by atoms with Gasteiger partial charge in [-0.15, -0.1) is 13.2 Å². The Morgan fingerprint density at radius 2 is 1.24 bits per heavy atom. The van der Waals surface area contributed by atoms with Gasteiger partial charge in [0.15, 0.2) is 0 Å². The Hall–Kier alpha value is -1.17. The largest absolute Gasteiger partial charge is 0.466 e. The molecule has 0 saturated carbocycles. The molecule has 0 aliphatic heterocycles. The Labute approximate surface area is 131 Å². The van der Waals surface area contributed by atoms with E-state index in [1.54, 1.807) is 19.1 Å². The molecule has 0 spiro atoms. The molecule has 0 amide bonds. The third kappa shape index (κ3) is 229. The van der Waals surface area contributed by atoms with E-state index in [2.05, 4.69) is 17.9 Å². The van der Waals surface area contributed by atoms with Crippen molar-refractivity contribution in [1.29, 1.82) is 0 Å². The van der Waals surface area contributed by atoms with E-state index in [1.165, 1.54) is 6.92 Å². The monoisotopic (exact) mass is 308 g/mol. The molecule has 0 atom stereocenters. The van der Waals surface area contributed by atoms with E-state index in [-0.39, 0.29) is 19.2 Å². The van der Waals surface area contributed by atoms with Crippen molar-refractivity contribution >= 4 is 5.97 Å². The highest BCUT2D eigenvalue weighted by Crippen LogP contribution is 1.69. The predicted molar refractivity (Wildman–Crippen MR) is 90.4 cm³/mol. The smallest absolute Gasteiger partial charge is 0.302 e. The summed E-state index contributed by atoms with van der Waals surface area (Å²) in [7, 11) is 0. The summed E-state index contributed by atoms with van der Waals surface area (Å²) < 4.78 is 9.24. The molecule has 0 fully saturated rings. The van der Waals surface area contributed by atoms with Gasteiger partial charge in [-0.25, -0.2) is 0 Å². The number of carbonyl (C=O) groups is 1. The third-order valence-corrected chi connectivity index (χ3v) is 0.856. The second-order valence-electron chi connectivity index (χ2n) is 2.97. The zero-order valence-corrected chi connectivity index (χ0v) is 14.7. The Morgan fingerprint density at radius 3 is 1.24 bits per heavy atom. The first-order valence-corrected chi connectivity index (χ1v) is 7.00. The minimum absolute atomic E-state index is 0.125. The number of rotatable bonds is 4. The summed E-state index contributed by atoms with van der Waals surface area (Å²) >= 11 is 0. The summed E-state index contributed by atoms with van der Waals surface area (Å²) in [4.78, 5) is 9.82. The van der Waals surface area contributed by atoms with Gasteiger partial charge in [-0.3, -0.25) is 4.79 Å². The van der Waals surface area contributed by atoms with Crippen LogP contribution in [-0.2, 0) is 14.3 Å². The zero-order chi connectivity index (χ0) is 17.9. The van der Waals surface area contributed by atoms with Crippen molar-refractivity contribution in [3.05, 3.63) is 25.3 Å². The highest BCUT2D eigenvalue weighted by Gasteiger charge is 1.81. The third-order valence-electron chi connectivity index (χ3n) is 0.856. The van der Waals surface area contributed by atoms with Crippen LogP contribution in [0, 0.1) is 0 Å². The molecule has 21 heavy (non-hydrogen) atoms. The maximum Gasteiger partial charge on any atom is 0.302 e. The van der Waals surface area contributed by atoms with Gasteiger partial charge < -0.3 is 19.7 Å². The molecule has 0 aliphatic rings. The molecule has 0 aromatic heterocycles. The highest BCUT2D eigenvalue weighted by atomic mass is 16.5. The number of ether oxygens (including phenoxy) is 2. The molecule has 0 aromatic carbocycles. The van der Waals surface area contributed by atoms with Crippen LogP contribution in [0.2, 0.25) is 0 Å². The van der Waals surface area contributed by atoms with Crippen molar-refractivity contribution in [3.8, 4) is 0 Å². The number of allylic oxidation sites excluding steroid dienone is 2. The van der Waals surface area contributed by atoms with Gasteiger partial charge in [0, 0.05) is 20.1 Å². The second kappa shape index (κ2) is 51.0. The van der Waals surface area contributed by atoms with Gasteiger partial charge in [-0.2, -0.15) is 0 Å². The average molecular weight is 308 g/mol. The number of aliphatic hydroxyl groups is 2. The van der Waals surface area contributed by atoms with Gasteiger partial charge >= 0.3 is 5.97 Å². The van der Waals surface area contributed by atoms with Gasteiger partial charge in [-0.05, 0) is 34.6 Å². The van der Waals surface area contributed by atoms with Crippen LogP contribution in [0.4, 0.5) is 0 Å². The molecule has 0 radical (unpaired) electrons. The molecular formula is C16H36O5. The van der Waals surface area contributed by atoms with E-state index in [0.29, 0.717) is 6.61 Å². The van der Waals surface area contributed by atoms with Gasteiger partial charge in [0.1, 0.15) is 0 Å². The van der Waals surface area contributed by atoms with Crippen molar-refractivity contribution in [1.82, 2.24) is 0 Å². The summed E-state index contributed by atoms with van der Waals surface area (Å²) in [5.41, 5.74) is 0. The van der Waals surface area contributed by atoms with E-state index < -0.39 is 0 Å². The molecule has 0 unspecified atom stereocenters. The molecule has 5 nitrogen and oxygen atoms in total.